The maximum absolute atomic E-state index is 4.21. The summed E-state index contributed by atoms with van der Waals surface area (Å²) in [6.07, 6.45) is 1.80. The molecule has 3 nitrogen and oxygen atoms in total. The van der Waals surface area contributed by atoms with Gasteiger partial charge in [0.05, 0.1) is 12.4 Å². The molecule has 2 heterocycles. The van der Waals surface area contributed by atoms with Crippen molar-refractivity contribution in [3.05, 3.63) is 16.7 Å². The van der Waals surface area contributed by atoms with E-state index in [0.29, 0.717) is 0 Å². The second-order valence-electron chi connectivity index (χ2n) is 2.55. The molecule has 0 radical (unpaired) electrons. The maximum Gasteiger partial charge on any atom is 0.151 e. The molecule has 2 rings (SSSR count). The summed E-state index contributed by atoms with van der Waals surface area (Å²) in [4.78, 5) is 6.33. The topological polar surface area (TPSA) is 28.2 Å². The zero-order valence-corrected chi connectivity index (χ0v) is 7.72. The van der Waals surface area contributed by atoms with Gasteiger partial charge in [-0.1, -0.05) is 0 Å². The molecule has 0 atom stereocenters. The van der Waals surface area contributed by atoms with Gasteiger partial charge in [0.15, 0.2) is 5.82 Å². The molecule has 1 aliphatic rings. The van der Waals surface area contributed by atoms with E-state index in [0.717, 1.165) is 22.6 Å². The maximum atomic E-state index is 4.21. The van der Waals surface area contributed by atoms with Crippen LogP contribution < -0.4 is 10.2 Å². The largest absolute Gasteiger partial charge is 0.354 e. The molecule has 58 valence electrons. The molecule has 0 saturated heterocycles. The molecule has 11 heavy (non-hydrogen) atoms. The number of fused-ring (bicyclic) bond motifs is 1. The number of anilines is 2. The Morgan fingerprint density at radius 3 is 3.36 bits per heavy atom. The zero-order valence-electron chi connectivity index (χ0n) is 6.13. The number of nitrogens with one attached hydrogen (secondary N) is 1. The molecule has 1 aromatic heterocycles. The van der Waals surface area contributed by atoms with Crippen molar-refractivity contribution in [2.75, 3.05) is 23.9 Å². The van der Waals surface area contributed by atoms with Crippen LogP contribution in [0.2, 0.25) is 0 Å². The van der Waals surface area contributed by atoms with Gasteiger partial charge in [-0.3, -0.25) is 0 Å². The minimum atomic E-state index is 0.846. The first kappa shape index (κ1) is 6.91. The predicted molar refractivity (Wildman–Crippen MR) is 48.8 cm³/mol. The van der Waals surface area contributed by atoms with Crippen LogP contribution in [0.1, 0.15) is 0 Å². The lowest BCUT2D eigenvalue weighted by atomic mass is 10.4. The number of hydrogen-bond donors (Lipinski definition) is 1. The molecule has 0 saturated carbocycles. The first-order chi connectivity index (χ1) is 5.27. The van der Waals surface area contributed by atoms with E-state index in [2.05, 4.69) is 37.2 Å². The van der Waals surface area contributed by atoms with Gasteiger partial charge in [0.25, 0.3) is 0 Å². The van der Waals surface area contributed by atoms with E-state index in [1.807, 2.05) is 7.05 Å². The van der Waals surface area contributed by atoms with Gasteiger partial charge in [-0.05, 0) is 22.0 Å². The van der Waals surface area contributed by atoms with Gasteiger partial charge in [0.2, 0.25) is 0 Å². The second kappa shape index (κ2) is 2.37. The van der Waals surface area contributed by atoms with E-state index in [1.165, 1.54) is 0 Å². The average molecular weight is 214 g/mol. The van der Waals surface area contributed by atoms with Crippen LogP contribution in [-0.4, -0.2) is 18.7 Å². The van der Waals surface area contributed by atoms with Crippen molar-refractivity contribution in [1.29, 1.82) is 0 Å². The molecule has 0 aromatic carbocycles. The zero-order chi connectivity index (χ0) is 7.84. The van der Waals surface area contributed by atoms with Crippen LogP contribution in [0.5, 0.6) is 0 Å². The van der Waals surface area contributed by atoms with E-state index in [-0.39, 0.29) is 0 Å². The molecular formula is C7H8BrN3. The summed E-state index contributed by atoms with van der Waals surface area (Å²) in [5.74, 6) is 0.968. The fourth-order valence-electron chi connectivity index (χ4n) is 1.13. The van der Waals surface area contributed by atoms with Gasteiger partial charge < -0.3 is 10.2 Å². The van der Waals surface area contributed by atoms with Crippen molar-refractivity contribution in [2.24, 2.45) is 0 Å². The van der Waals surface area contributed by atoms with Crippen LogP contribution in [0.15, 0.2) is 16.7 Å². The van der Waals surface area contributed by atoms with E-state index in [9.17, 15) is 0 Å². The van der Waals surface area contributed by atoms with Gasteiger partial charge in [0, 0.05) is 17.7 Å². The molecule has 1 N–H and O–H groups in total. The highest BCUT2D eigenvalue weighted by Crippen LogP contribution is 2.29. The SMILES string of the molecule is CN1CNc2ncc(Br)cc21. The summed E-state index contributed by atoms with van der Waals surface area (Å²) in [5, 5.41) is 3.17. The lowest BCUT2D eigenvalue weighted by Crippen LogP contribution is -2.15. The molecule has 0 aliphatic carbocycles. The number of rotatable bonds is 0. The Bertz CT molecular complexity index is 287. The number of aromatic nitrogens is 1. The Hall–Kier alpha value is -0.770. The fraction of sp³-hybridized carbons (Fsp3) is 0.286. The first-order valence-electron chi connectivity index (χ1n) is 3.38. The summed E-state index contributed by atoms with van der Waals surface area (Å²) in [7, 11) is 2.03. The molecule has 0 spiro atoms. The average Bonchev–Trinajstić information content (AvgIpc) is 2.33. The highest BCUT2D eigenvalue weighted by Gasteiger charge is 2.15. The molecule has 0 fully saturated rings. The van der Waals surface area contributed by atoms with Crippen LogP contribution in [0.25, 0.3) is 0 Å². The quantitative estimate of drug-likeness (QED) is 0.711. The van der Waals surface area contributed by atoms with E-state index in [1.54, 1.807) is 6.20 Å². The summed E-state index contributed by atoms with van der Waals surface area (Å²) in [5.41, 5.74) is 1.15. The van der Waals surface area contributed by atoms with Crippen molar-refractivity contribution >= 4 is 27.4 Å². The van der Waals surface area contributed by atoms with Crippen LogP contribution >= 0.6 is 15.9 Å². The third-order valence-electron chi connectivity index (χ3n) is 1.73. The van der Waals surface area contributed by atoms with Crippen molar-refractivity contribution in [3.63, 3.8) is 0 Å². The van der Waals surface area contributed by atoms with Gasteiger partial charge in [0.1, 0.15) is 0 Å². The Kier molecular flexibility index (Phi) is 1.49. The number of hydrogen-bond acceptors (Lipinski definition) is 3. The van der Waals surface area contributed by atoms with Gasteiger partial charge >= 0.3 is 0 Å². The third kappa shape index (κ3) is 1.07. The van der Waals surface area contributed by atoms with Crippen LogP contribution in [0.3, 0.4) is 0 Å². The molecule has 1 aliphatic heterocycles. The van der Waals surface area contributed by atoms with E-state index in [4.69, 9.17) is 0 Å². The monoisotopic (exact) mass is 213 g/mol. The minimum Gasteiger partial charge on any atom is -0.354 e. The van der Waals surface area contributed by atoms with Crippen LogP contribution in [0, 0.1) is 0 Å². The second-order valence-corrected chi connectivity index (χ2v) is 3.47. The molecule has 0 amide bonds. The summed E-state index contributed by atoms with van der Waals surface area (Å²) < 4.78 is 1.02. The fourth-order valence-corrected chi connectivity index (χ4v) is 1.45. The van der Waals surface area contributed by atoms with Crippen molar-refractivity contribution in [1.82, 2.24) is 4.98 Å². The Morgan fingerprint density at radius 2 is 2.55 bits per heavy atom. The van der Waals surface area contributed by atoms with Crippen molar-refractivity contribution < 1.29 is 0 Å². The van der Waals surface area contributed by atoms with Gasteiger partial charge in [-0.25, -0.2) is 4.98 Å². The normalized spacial score (nSPS) is 14.5. The van der Waals surface area contributed by atoms with Crippen LogP contribution in [-0.2, 0) is 0 Å². The molecular weight excluding hydrogens is 206 g/mol. The summed E-state index contributed by atoms with van der Waals surface area (Å²) >= 11 is 3.38. The first-order valence-corrected chi connectivity index (χ1v) is 4.17. The predicted octanol–water partition coefficient (Wildman–Crippen LogP) is 1.66. The molecule has 0 bridgehead atoms. The molecule has 0 unspecified atom stereocenters. The van der Waals surface area contributed by atoms with Crippen molar-refractivity contribution in [3.8, 4) is 0 Å². The molecule has 4 heteroatoms. The number of halogens is 1. The Balaban J connectivity index is 2.52. The van der Waals surface area contributed by atoms with Gasteiger partial charge in [-0.15, -0.1) is 0 Å². The molecule has 1 aromatic rings. The Labute approximate surface area is 73.6 Å². The third-order valence-corrected chi connectivity index (χ3v) is 2.16. The number of pyridine rings is 1. The highest BCUT2D eigenvalue weighted by atomic mass is 79.9. The minimum absolute atomic E-state index is 0.846. The summed E-state index contributed by atoms with van der Waals surface area (Å²) in [6, 6.07) is 2.06. The van der Waals surface area contributed by atoms with Gasteiger partial charge in [-0.2, -0.15) is 0 Å². The smallest absolute Gasteiger partial charge is 0.151 e. The Morgan fingerprint density at radius 1 is 1.73 bits per heavy atom. The van der Waals surface area contributed by atoms with Crippen molar-refractivity contribution in [2.45, 2.75) is 0 Å². The van der Waals surface area contributed by atoms with Crippen LogP contribution in [0.4, 0.5) is 11.5 Å². The lowest BCUT2D eigenvalue weighted by molar-refractivity contribution is 1.03. The summed E-state index contributed by atoms with van der Waals surface area (Å²) in [6.45, 7) is 0.846. The van der Waals surface area contributed by atoms with E-state index >= 15 is 0 Å². The lowest BCUT2D eigenvalue weighted by Gasteiger charge is -2.08. The van der Waals surface area contributed by atoms with E-state index < -0.39 is 0 Å². The number of nitrogens with zero attached hydrogens (tertiary/aromatic N) is 2. The standard InChI is InChI=1S/C7H8BrN3/c1-11-4-10-7-6(11)2-5(8)3-9-7/h2-3H,4H2,1H3,(H,9,10). The highest BCUT2D eigenvalue weighted by molar-refractivity contribution is 9.10.